The molecule has 1 amide bonds. The maximum Gasteiger partial charge on any atom is 0.243 e. The number of hydrogen-bond donors (Lipinski definition) is 1. The molecule has 0 saturated carbocycles. The van der Waals surface area contributed by atoms with Gasteiger partial charge in [-0.25, -0.2) is 0 Å². The van der Waals surface area contributed by atoms with Crippen molar-refractivity contribution in [3.63, 3.8) is 0 Å². The summed E-state index contributed by atoms with van der Waals surface area (Å²) in [7, 11) is 4.40. The van der Waals surface area contributed by atoms with Crippen LogP contribution in [0.25, 0.3) is 0 Å². The van der Waals surface area contributed by atoms with E-state index in [0.717, 1.165) is 56.1 Å². The maximum atomic E-state index is 11.0. The van der Waals surface area contributed by atoms with Gasteiger partial charge in [0.2, 0.25) is 5.91 Å². The van der Waals surface area contributed by atoms with Crippen LogP contribution in [0.5, 0.6) is 0 Å². The van der Waals surface area contributed by atoms with Crippen LogP contribution in [0.3, 0.4) is 0 Å². The SMILES string of the molecule is C=CC(=O)NCCC[N+](C)(C)CCCCCCCC(=O)[O-]. The summed E-state index contributed by atoms with van der Waals surface area (Å²) in [6, 6.07) is 0. The fourth-order valence-electron chi connectivity index (χ4n) is 2.24. The molecule has 0 unspecified atom stereocenters. The fourth-order valence-corrected chi connectivity index (χ4v) is 2.24. The van der Waals surface area contributed by atoms with Crippen molar-refractivity contribution >= 4 is 11.9 Å². The fraction of sp³-hybridized carbons (Fsp3) is 0.750. The topological polar surface area (TPSA) is 69.2 Å². The van der Waals surface area contributed by atoms with E-state index in [0.29, 0.717) is 6.54 Å². The third-order valence-corrected chi connectivity index (χ3v) is 3.57. The number of quaternary nitrogens is 1. The lowest BCUT2D eigenvalue weighted by Gasteiger charge is -2.30. The summed E-state index contributed by atoms with van der Waals surface area (Å²) in [6.07, 6.45) is 7.50. The van der Waals surface area contributed by atoms with E-state index in [1.165, 1.54) is 6.08 Å². The molecule has 0 radical (unpaired) electrons. The van der Waals surface area contributed by atoms with Gasteiger partial charge in [-0.2, -0.15) is 0 Å². The highest BCUT2D eigenvalue weighted by Gasteiger charge is 2.13. The van der Waals surface area contributed by atoms with E-state index < -0.39 is 5.97 Å². The normalized spacial score (nSPS) is 11.1. The Morgan fingerprint density at radius 1 is 1.05 bits per heavy atom. The number of nitrogens with one attached hydrogen (secondary N) is 1. The van der Waals surface area contributed by atoms with Crippen molar-refractivity contribution in [2.24, 2.45) is 0 Å². The lowest BCUT2D eigenvalue weighted by molar-refractivity contribution is -0.890. The average molecular weight is 298 g/mol. The molecule has 0 fully saturated rings. The van der Waals surface area contributed by atoms with Crippen LogP contribution in [0.1, 0.15) is 44.9 Å². The van der Waals surface area contributed by atoms with Gasteiger partial charge in [0.15, 0.2) is 0 Å². The summed E-state index contributed by atoms with van der Waals surface area (Å²) in [6.45, 7) is 6.24. The Bertz CT molecular complexity index is 327. The zero-order chi connectivity index (χ0) is 16.1. The molecule has 0 aliphatic rings. The van der Waals surface area contributed by atoms with Crippen molar-refractivity contribution in [2.75, 3.05) is 33.7 Å². The minimum absolute atomic E-state index is 0.114. The van der Waals surface area contributed by atoms with E-state index in [9.17, 15) is 14.7 Å². The van der Waals surface area contributed by atoms with Gasteiger partial charge in [0.25, 0.3) is 0 Å². The Hall–Kier alpha value is -1.36. The number of rotatable bonds is 13. The van der Waals surface area contributed by atoms with Crippen molar-refractivity contribution in [1.29, 1.82) is 0 Å². The molecule has 0 aliphatic carbocycles. The van der Waals surface area contributed by atoms with Crippen LogP contribution in [0.2, 0.25) is 0 Å². The van der Waals surface area contributed by atoms with Gasteiger partial charge >= 0.3 is 0 Å². The standard InChI is InChI=1S/C16H30N2O3/c1-4-15(19)17-12-10-14-18(2,3)13-9-7-5-6-8-11-16(20)21/h4H,1,5-14H2,2-3H3,(H-,17,19,20,21). The summed E-state index contributed by atoms with van der Waals surface area (Å²) in [5, 5.41) is 13.0. The molecule has 0 aromatic rings. The molecule has 0 atom stereocenters. The summed E-state index contributed by atoms with van der Waals surface area (Å²) in [4.78, 5) is 21.3. The van der Waals surface area contributed by atoms with E-state index in [-0.39, 0.29) is 12.3 Å². The first-order valence-electron chi connectivity index (χ1n) is 7.79. The van der Waals surface area contributed by atoms with Gasteiger partial charge in [-0.15, -0.1) is 0 Å². The monoisotopic (exact) mass is 298 g/mol. The smallest absolute Gasteiger partial charge is 0.243 e. The van der Waals surface area contributed by atoms with Crippen LogP contribution in [-0.4, -0.2) is 50.1 Å². The molecule has 5 nitrogen and oxygen atoms in total. The Balaban J connectivity index is 3.52. The first kappa shape index (κ1) is 19.6. The quantitative estimate of drug-likeness (QED) is 0.311. The zero-order valence-corrected chi connectivity index (χ0v) is 13.5. The number of carbonyl (C=O) groups excluding carboxylic acids is 2. The Kier molecular flexibility index (Phi) is 10.6. The first-order chi connectivity index (χ1) is 9.87. The van der Waals surface area contributed by atoms with Gasteiger partial charge in [0.05, 0.1) is 27.2 Å². The molecular formula is C16H30N2O3. The number of carbonyl (C=O) groups is 2. The number of carboxylic acids is 1. The second-order valence-electron chi connectivity index (χ2n) is 6.12. The highest BCUT2D eigenvalue weighted by atomic mass is 16.4. The molecule has 21 heavy (non-hydrogen) atoms. The van der Waals surface area contributed by atoms with E-state index in [1.54, 1.807) is 0 Å². The van der Waals surface area contributed by atoms with Gasteiger partial charge in [-0.1, -0.05) is 19.4 Å². The van der Waals surface area contributed by atoms with Gasteiger partial charge in [0, 0.05) is 18.9 Å². The maximum absolute atomic E-state index is 11.0. The van der Waals surface area contributed by atoms with Crippen LogP contribution in [0.15, 0.2) is 12.7 Å². The average Bonchev–Trinajstić information content (AvgIpc) is 2.41. The number of carboxylic acid groups (broad SMARTS) is 1. The molecule has 0 heterocycles. The number of unbranched alkanes of at least 4 members (excludes halogenated alkanes) is 4. The largest absolute Gasteiger partial charge is 0.550 e. The van der Waals surface area contributed by atoms with E-state index >= 15 is 0 Å². The summed E-state index contributed by atoms with van der Waals surface area (Å²) in [5.74, 6) is -1.06. The van der Waals surface area contributed by atoms with E-state index in [4.69, 9.17) is 0 Å². The second kappa shape index (κ2) is 11.3. The van der Waals surface area contributed by atoms with Crippen LogP contribution in [-0.2, 0) is 9.59 Å². The molecule has 122 valence electrons. The molecule has 0 aromatic carbocycles. The predicted octanol–water partition coefficient (Wildman–Crippen LogP) is 0.846. The Morgan fingerprint density at radius 2 is 1.62 bits per heavy atom. The summed E-state index contributed by atoms with van der Waals surface area (Å²) < 4.78 is 0.947. The molecule has 0 spiro atoms. The zero-order valence-electron chi connectivity index (χ0n) is 13.5. The minimum Gasteiger partial charge on any atom is -0.550 e. The first-order valence-corrected chi connectivity index (χ1v) is 7.79. The van der Waals surface area contributed by atoms with Crippen molar-refractivity contribution in [2.45, 2.75) is 44.9 Å². The minimum atomic E-state index is -0.948. The number of amides is 1. The van der Waals surface area contributed by atoms with Crippen LogP contribution >= 0.6 is 0 Å². The molecule has 0 bridgehead atoms. The van der Waals surface area contributed by atoms with Gasteiger partial charge in [-0.3, -0.25) is 4.79 Å². The van der Waals surface area contributed by atoms with Crippen LogP contribution < -0.4 is 10.4 Å². The molecule has 0 aliphatic heterocycles. The van der Waals surface area contributed by atoms with Crippen molar-refractivity contribution in [3.8, 4) is 0 Å². The molecule has 0 rings (SSSR count). The van der Waals surface area contributed by atoms with Gasteiger partial charge in [-0.05, 0) is 31.8 Å². The van der Waals surface area contributed by atoms with Crippen molar-refractivity contribution in [1.82, 2.24) is 5.32 Å². The number of nitrogens with zero attached hydrogens (tertiary/aromatic N) is 1. The number of aliphatic carboxylic acids is 1. The lowest BCUT2D eigenvalue weighted by atomic mass is 10.1. The Morgan fingerprint density at radius 3 is 2.24 bits per heavy atom. The van der Waals surface area contributed by atoms with Gasteiger partial charge in [0.1, 0.15) is 0 Å². The molecule has 0 saturated heterocycles. The molecule has 1 N–H and O–H groups in total. The van der Waals surface area contributed by atoms with Crippen molar-refractivity contribution in [3.05, 3.63) is 12.7 Å². The van der Waals surface area contributed by atoms with Crippen LogP contribution in [0, 0.1) is 0 Å². The molecular weight excluding hydrogens is 268 g/mol. The predicted molar refractivity (Wildman–Crippen MR) is 82.4 cm³/mol. The number of hydrogen-bond acceptors (Lipinski definition) is 3. The molecule has 0 aromatic heterocycles. The Labute approximate surface area is 128 Å². The van der Waals surface area contributed by atoms with Crippen molar-refractivity contribution < 1.29 is 19.2 Å². The van der Waals surface area contributed by atoms with E-state index in [1.807, 2.05) is 0 Å². The van der Waals surface area contributed by atoms with Crippen LogP contribution in [0.4, 0.5) is 0 Å². The summed E-state index contributed by atoms with van der Waals surface area (Å²) in [5.41, 5.74) is 0. The molecule has 5 heteroatoms. The van der Waals surface area contributed by atoms with E-state index in [2.05, 4.69) is 26.0 Å². The lowest BCUT2D eigenvalue weighted by Crippen LogP contribution is -2.42. The highest BCUT2D eigenvalue weighted by Crippen LogP contribution is 2.08. The summed E-state index contributed by atoms with van der Waals surface area (Å²) >= 11 is 0. The third kappa shape index (κ3) is 13.4. The third-order valence-electron chi connectivity index (χ3n) is 3.57. The van der Waals surface area contributed by atoms with Gasteiger partial charge < -0.3 is 19.7 Å². The second-order valence-corrected chi connectivity index (χ2v) is 6.12. The highest BCUT2D eigenvalue weighted by molar-refractivity contribution is 5.86.